The highest BCUT2D eigenvalue weighted by atomic mass is 16.5. The van der Waals surface area contributed by atoms with Crippen LogP contribution in [0.4, 0.5) is 0 Å². The second kappa shape index (κ2) is 7.62. The van der Waals surface area contributed by atoms with Crippen molar-refractivity contribution in [3.8, 4) is 0 Å². The van der Waals surface area contributed by atoms with Crippen LogP contribution in [0.3, 0.4) is 0 Å². The molecule has 2 unspecified atom stereocenters. The Morgan fingerprint density at radius 2 is 1.18 bits per heavy atom. The maximum atomic E-state index is 12.8. The number of esters is 2. The quantitative estimate of drug-likeness (QED) is 0.242. The standard InChI is InChI=1S/C21H32N4O8/c1-18(16(28)30-5)10-22-12-20(3,14(26)24(12)18)32-8-7-9-33-21(4)13-23-11-19(2,17(29)31-6)25(13)15(21)27/h12-13,22-23H,7-11H2,1-6H3/t12?,13?,18-,19-,20-,21-/m0/s1. The van der Waals surface area contributed by atoms with Crippen LogP contribution in [-0.4, -0.2) is 109 Å². The summed E-state index contributed by atoms with van der Waals surface area (Å²) in [6.45, 7) is 7.75. The van der Waals surface area contributed by atoms with Gasteiger partial charge in [0.25, 0.3) is 11.8 Å². The summed E-state index contributed by atoms with van der Waals surface area (Å²) >= 11 is 0. The van der Waals surface area contributed by atoms with Gasteiger partial charge in [-0.05, 0) is 34.1 Å². The number of carbonyl (C=O) groups is 4. The van der Waals surface area contributed by atoms with Crippen molar-refractivity contribution < 1.29 is 38.1 Å². The van der Waals surface area contributed by atoms with Crippen molar-refractivity contribution in [3.63, 3.8) is 0 Å². The molecule has 12 nitrogen and oxygen atoms in total. The number of nitrogens with zero attached hydrogens (tertiary/aromatic N) is 2. The van der Waals surface area contributed by atoms with Crippen LogP contribution in [0, 0.1) is 0 Å². The zero-order valence-corrected chi connectivity index (χ0v) is 19.9. The molecule has 0 aromatic carbocycles. The Hall–Kier alpha value is -2.28. The third-order valence-electron chi connectivity index (χ3n) is 7.53. The molecule has 2 N–H and O–H groups in total. The molecule has 4 fully saturated rings. The molecule has 0 saturated carbocycles. The highest BCUT2D eigenvalue weighted by Crippen LogP contribution is 2.44. The van der Waals surface area contributed by atoms with Crippen molar-refractivity contribution in [3.05, 3.63) is 0 Å². The van der Waals surface area contributed by atoms with Gasteiger partial charge in [0.15, 0.2) is 22.3 Å². The Morgan fingerprint density at radius 1 is 0.818 bits per heavy atom. The van der Waals surface area contributed by atoms with E-state index in [1.807, 2.05) is 0 Å². The van der Waals surface area contributed by atoms with Crippen LogP contribution in [0.15, 0.2) is 0 Å². The van der Waals surface area contributed by atoms with Crippen LogP contribution in [0.2, 0.25) is 0 Å². The van der Waals surface area contributed by atoms with Gasteiger partial charge in [0.05, 0.1) is 27.4 Å². The molecule has 184 valence electrons. The van der Waals surface area contributed by atoms with Gasteiger partial charge in [0.1, 0.15) is 12.3 Å². The molecule has 0 aromatic rings. The van der Waals surface area contributed by atoms with E-state index in [9.17, 15) is 19.2 Å². The summed E-state index contributed by atoms with van der Waals surface area (Å²) in [6, 6.07) is 0. The van der Waals surface area contributed by atoms with Crippen LogP contribution < -0.4 is 10.6 Å². The lowest BCUT2D eigenvalue weighted by atomic mass is 9.86. The van der Waals surface area contributed by atoms with Gasteiger partial charge in [-0.2, -0.15) is 0 Å². The topological polar surface area (TPSA) is 136 Å². The molecule has 12 heteroatoms. The molecular formula is C21H32N4O8. The summed E-state index contributed by atoms with van der Waals surface area (Å²) in [5.41, 5.74) is -4.29. The number of hydrogen-bond donors (Lipinski definition) is 2. The first-order valence-electron chi connectivity index (χ1n) is 11.0. The summed E-state index contributed by atoms with van der Waals surface area (Å²) in [4.78, 5) is 52.8. The van der Waals surface area contributed by atoms with Gasteiger partial charge in [0, 0.05) is 13.1 Å². The number of rotatable bonds is 8. The first-order chi connectivity index (χ1) is 15.4. The number of nitrogens with one attached hydrogen (secondary N) is 2. The minimum atomic E-state index is -1.09. The Kier molecular flexibility index (Phi) is 5.51. The van der Waals surface area contributed by atoms with E-state index in [2.05, 4.69) is 10.6 Å². The summed E-state index contributed by atoms with van der Waals surface area (Å²) < 4.78 is 21.5. The monoisotopic (exact) mass is 468 g/mol. The predicted molar refractivity (Wildman–Crippen MR) is 111 cm³/mol. The average Bonchev–Trinajstić information content (AvgIpc) is 3.33. The summed E-state index contributed by atoms with van der Waals surface area (Å²) in [5, 5.41) is 6.34. The van der Waals surface area contributed by atoms with E-state index in [0.29, 0.717) is 6.42 Å². The SMILES string of the molecule is COC(=O)[C@]1(C)CNC2N1C(=O)[C@@]2(C)OCCCO[C@]1(C)C(=O)N2C1NC[C@@]2(C)C(=O)OC. The van der Waals surface area contributed by atoms with E-state index < -0.39 is 46.6 Å². The third-order valence-corrected chi connectivity index (χ3v) is 7.53. The van der Waals surface area contributed by atoms with Crippen LogP contribution in [0.5, 0.6) is 0 Å². The van der Waals surface area contributed by atoms with E-state index in [1.165, 1.54) is 24.0 Å². The Balaban J connectivity index is 1.27. The summed E-state index contributed by atoms with van der Waals surface area (Å²) in [7, 11) is 2.59. The molecule has 4 heterocycles. The van der Waals surface area contributed by atoms with Crippen LogP contribution in [-0.2, 0) is 38.1 Å². The van der Waals surface area contributed by atoms with Gasteiger partial charge in [-0.3, -0.25) is 20.2 Å². The number of ether oxygens (including phenoxy) is 4. The molecule has 0 radical (unpaired) electrons. The van der Waals surface area contributed by atoms with Gasteiger partial charge in [-0.15, -0.1) is 0 Å². The van der Waals surface area contributed by atoms with E-state index in [0.717, 1.165) is 0 Å². The normalized spacial score (nSPS) is 41.3. The maximum Gasteiger partial charge on any atom is 0.332 e. The van der Waals surface area contributed by atoms with Crippen molar-refractivity contribution >= 4 is 23.8 Å². The van der Waals surface area contributed by atoms with E-state index in [4.69, 9.17) is 18.9 Å². The predicted octanol–water partition coefficient (Wildman–Crippen LogP) is -1.67. The number of β-lactam (4-membered cyclic amide) rings is 2. The molecule has 4 rings (SSSR count). The van der Waals surface area contributed by atoms with E-state index in [1.54, 1.807) is 27.7 Å². The van der Waals surface area contributed by atoms with Crippen LogP contribution >= 0.6 is 0 Å². The average molecular weight is 469 g/mol. The lowest BCUT2D eigenvalue weighted by molar-refractivity contribution is -0.216. The molecule has 4 aliphatic rings. The highest BCUT2D eigenvalue weighted by Gasteiger charge is 2.70. The molecule has 6 atom stereocenters. The Morgan fingerprint density at radius 3 is 1.52 bits per heavy atom. The fourth-order valence-electron chi connectivity index (χ4n) is 5.35. The molecule has 4 aliphatic heterocycles. The zero-order valence-electron chi connectivity index (χ0n) is 19.9. The largest absolute Gasteiger partial charge is 0.467 e. The molecule has 4 saturated heterocycles. The second-order valence-electron chi connectivity index (χ2n) is 9.71. The van der Waals surface area contributed by atoms with Gasteiger partial charge in [-0.1, -0.05) is 0 Å². The fourth-order valence-corrected chi connectivity index (χ4v) is 5.35. The molecule has 0 aliphatic carbocycles. The second-order valence-corrected chi connectivity index (χ2v) is 9.71. The van der Waals surface area contributed by atoms with Crippen LogP contribution in [0.25, 0.3) is 0 Å². The lowest BCUT2D eigenvalue weighted by Crippen LogP contribution is -2.78. The van der Waals surface area contributed by atoms with Crippen molar-refractivity contribution in [2.45, 2.75) is 68.7 Å². The molecule has 33 heavy (non-hydrogen) atoms. The number of amides is 2. The molecular weight excluding hydrogens is 436 g/mol. The number of carbonyl (C=O) groups excluding carboxylic acids is 4. The Labute approximate surface area is 192 Å². The van der Waals surface area contributed by atoms with Crippen molar-refractivity contribution in [2.75, 3.05) is 40.5 Å². The van der Waals surface area contributed by atoms with Gasteiger partial charge < -0.3 is 28.7 Å². The van der Waals surface area contributed by atoms with Gasteiger partial charge in [0.2, 0.25) is 0 Å². The molecule has 0 aromatic heterocycles. The highest BCUT2D eigenvalue weighted by molar-refractivity contribution is 5.99. The number of methoxy groups -OCH3 is 2. The molecule has 0 bridgehead atoms. The van der Waals surface area contributed by atoms with E-state index in [-0.39, 0.29) is 38.1 Å². The Bertz CT molecular complexity index is 829. The number of hydrogen-bond acceptors (Lipinski definition) is 10. The third kappa shape index (κ3) is 2.97. The van der Waals surface area contributed by atoms with E-state index >= 15 is 0 Å². The van der Waals surface area contributed by atoms with Crippen molar-refractivity contribution in [1.82, 2.24) is 20.4 Å². The minimum Gasteiger partial charge on any atom is -0.467 e. The summed E-state index contributed by atoms with van der Waals surface area (Å²) in [6.07, 6.45) is -0.394. The van der Waals surface area contributed by atoms with Crippen LogP contribution in [0.1, 0.15) is 34.1 Å². The first-order valence-corrected chi connectivity index (χ1v) is 11.0. The maximum absolute atomic E-state index is 12.8. The molecule has 2 amide bonds. The van der Waals surface area contributed by atoms with Gasteiger partial charge in [-0.25, -0.2) is 9.59 Å². The minimum absolute atomic E-state index is 0.231. The lowest BCUT2D eigenvalue weighted by Gasteiger charge is -2.54. The molecule has 0 spiro atoms. The van der Waals surface area contributed by atoms with Crippen molar-refractivity contribution in [2.24, 2.45) is 0 Å². The first kappa shape index (κ1) is 23.9. The zero-order chi connectivity index (χ0) is 24.4. The summed E-state index contributed by atoms with van der Waals surface area (Å²) in [5.74, 6) is -1.50. The fraction of sp³-hybridized carbons (Fsp3) is 0.810. The van der Waals surface area contributed by atoms with Gasteiger partial charge >= 0.3 is 11.9 Å². The van der Waals surface area contributed by atoms with Crippen molar-refractivity contribution in [1.29, 1.82) is 0 Å². The smallest absolute Gasteiger partial charge is 0.332 e. The number of fused-ring (bicyclic) bond motifs is 2.